The minimum atomic E-state index is -0.365. The minimum absolute atomic E-state index is 0.223. The Morgan fingerprint density at radius 3 is 3.06 bits per heavy atom. The Hall–Kier alpha value is -2.37. The molecule has 1 saturated heterocycles. The molecule has 18 heavy (non-hydrogen) atoms. The number of imide groups is 1. The lowest BCUT2D eigenvalue weighted by Crippen LogP contribution is -2.39. The number of nitrogen functional groups attached to an aromatic ring is 1. The maximum atomic E-state index is 11.9. The van der Waals surface area contributed by atoms with Crippen LogP contribution < -0.4 is 11.1 Å². The number of nitrogens with two attached hydrogens (primary N) is 1. The molecule has 3 N–H and O–H groups in total. The van der Waals surface area contributed by atoms with Gasteiger partial charge in [-0.15, -0.1) is 0 Å². The van der Waals surface area contributed by atoms with Gasteiger partial charge in [-0.3, -0.25) is 14.9 Å². The minimum Gasteiger partial charge on any atom is -0.398 e. The highest BCUT2D eigenvalue weighted by atomic mass is 16.2. The van der Waals surface area contributed by atoms with Crippen molar-refractivity contribution in [2.24, 2.45) is 0 Å². The van der Waals surface area contributed by atoms with Crippen LogP contribution in [0.25, 0.3) is 5.65 Å². The third-order valence-corrected chi connectivity index (χ3v) is 3.15. The maximum Gasteiger partial charge on any atom is 0.234 e. The number of hydrogen-bond donors (Lipinski definition) is 2. The van der Waals surface area contributed by atoms with Crippen LogP contribution in [0.2, 0.25) is 0 Å². The van der Waals surface area contributed by atoms with Crippen molar-refractivity contribution < 1.29 is 9.59 Å². The molecule has 1 atom stereocenters. The van der Waals surface area contributed by atoms with Crippen LogP contribution in [0.1, 0.15) is 24.3 Å². The lowest BCUT2D eigenvalue weighted by atomic mass is 9.91. The van der Waals surface area contributed by atoms with E-state index in [0.717, 1.165) is 5.56 Å². The Kier molecular flexibility index (Phi) is 2.29. The van der Waals surface area contributed by atoms with Crippen molar-refractivity contribution >= 4 is 23.1 Å². The lowest BCUT2D eigenvalue weighted by Gasteiger charge is -2.21. The first-order valence-electron chi connectivity index (χ1n) is 5.71. The first-order valence-corrected chi connectivity index (χ1v) is 5.71. The highest BCUT2D eigenvalue weighted by Crippen LogP contribution is 2.28. The van der Waals surface area contributed by atoms with E-state index in [2.05, 4.69) is 10.3 Å². The van der Waals surface area contributed by atoms with E-state index < -0.39 is 0 Å². The van der Waals surface area contributed by atoms with Crippen molar-refractivity contribution in [3.8, 4) is 0 Å². The Balaban J connectivity index is 2.11. The van der Waals surface area contributed by atoms with E-state index in [1.807, 2.05) is 0 Å². The fraction of sp³-hybridized carbons (Fsp3) is 0.250. The number of nitrogens with zero attached hydrogens (tertiary/aromatic N) is 2. The molecule has 1 unspecified atom stereocenters. The summed E-state index contributed by atoms with van der Waals surface area (Å²) in [6.45, 7) is 0. The van der Waals surface area contributed by atoms with Crippen molar-refractivity contribution in [3.05, 3.63) is 30.2 Å². The van der Waals surface area contributed by atoms with Gasteiger partial charge in [0.1, 0.15) is 5.65 Å². The number of fused-ring (bicyclic) bond motifs is 1. The van der Waals surface area contributed by atoms with Gasteiger partial charge >= 0.3 is 0 Å². The number of aromatic nitrogens is 2. The fourth-order valence-electron chi connectivity index (χ4n) is 2.33. The summed E-state index contributed by atoms with van der Waals surface area (Å²) in [6.07, 6.45) is 6.03. The van der Waals surface area contributed by atoms with E-state index in [1.165, 1.54) is 0 Å². The summed E-state index contributed by atoms with van der Waals surface area (Å²) in [5.41, 5.74) is 7.86. The first kappa shape index (κ1) is 10.8. The zero-order valence-electron chi connectivity index (χ0n) is 9.59. The molecule has 6 nitrogen and oxygen atoms in total. The summed E-state index contributed by atoms with van der Waals surface area (Å²) >= 11 is 0. The normalized spacial score (nSPS) is 20.1. The van der Waals surface area contributed by atoms with Gasteiger partial charge in [0, 0.05) is 36.3 Å². The van der Waals surface area contributed by atoms with Crippen molar-refractivity contribution in [1.82, 2.24) is 14.7 Å². The number of amides is 2. The molecule has 0 bridgehead atoms. The Morgan fingerprint density at radius 2 is 2.28 bits per heavy atom. The second-order valence-electron chi connectivity index (χ2n) is 4.39. The van der Waals surface area contributed by atoms with Crippen LogP contribution in [0.3, 0.4) is 0 Å². The average molecular weight is 244 g/mol. The molecule has 0 radical (unpaired) electrons. The molecule has 2 aromatic rings. The van der Waals surface area contributed by atoms with Gasteiger partial charge in [0.25, 0.3) is 0 Å². The molecular weight excluding hydrogens is 232 g/mol. The Morgan fingerprint density at radius 1 is 1.44 bits per heavy atom. The van der Waals surface area contributed by atoms with Crippen molar-refractivity contribution in [2.75, 3.05) is 5.73 Å². The van der Waals surface area contributed by atoms with E-state index in [-0.39, 0.29) is 17.7 Å². The molecule has 6 heteroatoms. The molecule has 2 amide bonds. The summed E-state index contributed by atoms with van der Waals surface area (Å²) < 4.78 is 1.79. The zero-order valence-corrected chi connectivity index (χ0v) is 9.59. The summed E-state index contributed by atoms with van der Waals surface area (Å²) in [5, 5.41) is 2.35. The summed E-state index contributed by atoms with van der Waals surface area (Å²) in [4.78, 5) is 27.3. The number of anilines is 1. The number of piperidine rings is 1. The number of carbonyl (C=O) groups excluding carboxylic acids is 2. The highest BCUT2D eigenvalue weighted by Gasteiger charge is 2.30. The largest absolute Gasteiger partial charge is 0.398 e. The summed E-state index contributed by atoms with van der Waals surface area (Å²) in [6, 6.07) is 1.75. The van der Waals surface area contributed by atoms with E-state index >= 15 is 0 Å². The fourth-order valence-corrected chi connectivity index (χ4v) is 2.33. The van der Waals surface area contributed by atoms with Gasteiger partial charge in [-0.05, 0) is 12.5 Å². The van der Waals surface area contributed by atoms with E-state index in [9.17, 15) is 9.59 Å². The van der Waals surface area contributed by atoms with Crippen LogP contribution in [-0.2, 0) is 9.59 Å². The third kappa shape index (κ3) is 1.62. The van der Waals surface area contributed by atoms with Gasteiger partial charge in [-0.1, -0.05) is 0 Å². The topological polar surface area (TPSA) is 89.5 Å². The Labute approximate surface area is 103 Å². The molecule has 0 saturated carbocycles. The number of imidazole rings is 1. The quantitative estimate of drug-likeness (QED) is 0.712. The second kappa shape index (κ2) is 3.83. The number of hydrogen-bond acceptors (Lipinski definition) is 4. The smallest absolute Gasteiger partial charge is 0.234 e. The predicted molar refractivity (Wildman–Crippen MR) is 64.7 cm³/mol. The van der Waals surface area contributed by atoms with Crippen molar-refractivity contribution in [1.29, 1.82) is 0 Å². The molecule has 0 aliphatic carbocycles. The second-order valence-corrected chi connectivity index (χ2v) is 4.39. The van der Waals surface area contributed by atoms with Crippen LogP contribution in [0.5, 0.6) is 0 Å². The zero-order chi connectivity index (χ0) is 12.7. The van der Waals surface area contributed by atoms with Crippen molar-refractivity contribution in [2.45, 2.75) is 18.8 Å². The van der Waals surface area contributed by atoms with Gasteiger partial charge in [-0.25, -0.2) is 4.98 Å². The summed E-state index contributed by atoms with van der Waals surface area (Å²) in [5.74, 6) is -0.864. The van der Waals surface area contributed by atoms with Crippen LogP contribution >= 0.6 is 0 Å². The van der Waals surface area contributed by atoms with Crippen LogP contribution in [-0.4, -0.2) is 21.2 Å². The van der Waals surface area contributed by atoms with Crippen LogP contribution in [0, 0.1) is 0 Å². The molecular formula is C12H12N4O2. The molecule has 3 rings (SSSR count). The SMILES string of the molecule is Nc1cc(C2CCC(=O)NC2=O)c2nccn2c1. The number of nitrogens with one attached hydrogen (secondary N) is 1. The van der Waals surface area contributed by atoms with Crippen LogP contribution in [0.4, 0.5) is 5.69 Å². The van der Waals surface area contributed by atoms with Gasteiger partial charge in [0.2, 0.25) is 11.8 Å². The van der Waals surface area contributed by atoms with Gasteiger partial charge < -0.3 is 10.1 Å². The third-order valence-electron chi connectivity index (χ3n) is 3.15. The van der Waals surface area contributed by atoms with Gasteiger partial charge in [-0.2, -0.15) is 0 Å². The number of pyridine rings is 1. The molecule has 92 valence electrons. The maximum absolute atomic E-state index is 11.9. The molecule has 2 aromatic heterocycles. The monoisotopic (exact) mass is 244 g/mol. The lowest BCUT2D eigenvalue weighted by molar-refractivity contribution is -0.134. The van der Waals surface area contributed by atoms with E-state index in [1.54, 1.807) is 29.1 Å². The summed E-state index contributed by atoms with van der Waals surface area (Å²) in [7, 11) is 0. The molecule has 3 heterocycles. The van der Waals surface area contributed by atoms with Gasteiger partial charge in [0.05, 0.1) is 5.92 Å². The molecule has 0 aromatic carbocycles. The first-order chi connectivity index (χ1) is 8.65. The molecule has 0 spiro atoms. The molecule has 1 aliphatic rings. The molecule has 1 fully saturated rings. The van der Waals surface area contributed by atoms with E-state index in [4.69, 9.17) is 5.73 Å². The van der Waals surface area contributed by atoms with Crippen LogP contribution in [0.15, 0.2) is 24.7 Å². The van der Waals surface area contributed by atoms with E-state index in [0.29, 0.717) is 24.2 Å². The standard InChI is InChI=1S/C12H12N4O2/c13-7-5-9(11-14-3-4-16(11)6-7)8-1-2-10(17)15-12(8)18/h3-6,8H,1-2,13H2,(H,15,17,18). The predicted octanol–water partition coefficient (Wildman–Crippen LogP) is 0.437. The number of carbonyl (C=O) groups is 2. The van der Waals surface area contributed by atoms with Crippen molar-refractivity contribution in [3.63, 3.8) is 0 Å². The highest BCUT2D eigenvalue weighted by molar-refractivity contribution is 6.01. The Bertz CT molecular complexity index is 647. The van der Waals surface area contributed by atoms with Gasteiger partial charge in [0.15, 0.2) is 0 Å². The number of rotatable bonds is 1. The average Bonchev–Trinajstić information content (AvgIpc) is 2.76. The molecule has 1 aliphatic heterocycles.